The molecule has 108 valence electrons. The second-order valence-electron chi connectivity index (χ2n) is 5.25. The van der Waals surface area contributed by atoms with E-state index in [1.54, 1.807) is 0 Å². The summed E-state index contributed by atoms with van der Waals surface area (Å²) in [4.78, 5) is 0. The van der Waals surface area contributed by atoms with Crippen LogP contribution in [0.2, 0.25) is 0 Å². The summed E-state index contributed by atoms with van der Waals surface area (Å²) in [6.07, 6.45) is 3.62. The van der Waals surface area contributed by atoms with E-state index in [2.05, 4.69) is 51.2 Å². The Hall–Kier alpha value is -0.860. The van der Waals surface area contributed by atoms with Gasteiger partial charge < -0.3 is 10.1 Å². The van der Waals surface area contributed by atoms with Gasteiger partial charge in [0.25, 0.3) is 0 Å². The Labute approximate surface area is 118 Å². The van der Waals surface area contributed by atoms with Crippen molar-refractivity contribution in [2.45, 2.75) is 59.1 Å². The van der Waals surface area contributed by atoms with Gasteiger partial charge in [0.1, 0.15) is 0 Å². The zero-order chi connectivity index (χ0) is 14.3. The minimum atomic E-state index is 0.305. The van der Waals surface area contributed by atoms with E-state index in [9.17, 15) is 0 Å². The van der Waals surface area contributed by atoms with Crippen LogP contribution in [0.15, 0.2) is 18.2 Å². The number of aryl methyl sites for hydroxylation is 2. The lowest BCUT2D eigenvalue weighted by Gasteiger charge is -2.27. The average Bonchev–Trinajstić information content (AvgIpc) is 2.38. The third-order valence-electron chi connectivity index (χ3n) is 3.84. The fourth-order valence-corrected chi connectivity index (χ4v) is 2.71. The van der Waals surface area contributed by atoms with Gasteiger partial charge >= 0.3 is 0 Å². The summed E-state index contributed by atoms with van der Waals surface area (Å²) in [5.74, 6) is 0. The first-order valence-corrected chi connectivity index (χ1v) is 7.47. The van der Waals surface area contributed by atoms with Crippen molar-refractivity contribution in [3.8, 4) is 0 Å². The number of hydrogen-bond donors (Lipinski definition) is 1. The zero-order valence-corrected chi connectivity index (χ0v) is 13.1. The van der Waals surface area contributed by atoms with Crippen molar-refractivity contribution >= 4 is 0 Å². The Morgan fingerprint density at radius 1 is 1.16 bits per heavy atom. The van der Waals surface area contributed by atoms with Crippen molar-refractivity contribution in [1.82, 2.24) is 5.32 Å². The van der Waals surface area contributed by atoms with Crippen molar-refractivity contribution in [3.63, 3.8) is 0 Å². The largest absolute Gasteiger partial charge is 0.377 e. The molecule has 0 aliphatic heterocycles. The minimum absolute atomic E-state index is 0.305. The summed E-state index contributed by atoms with van der Waals surface area (Å²) in [6.45, 7) is 9.48. The van der Waals surface area contributed by atoms with E-state index >= 15 is 0 Å². The molecule has 19 heavy (non-hydrogen) atoms. The lowest BCUT2D eigenvalue weighted by Crippen LogP contribution is -2.41. The fraction of sp³-hybridized carbons (Fsp3) is 0.647. The highest BCUT2D eigenvalue weighted by Crippen LogP contribution is 2.19. The van der Waals surface area contributed by atoms with E-state index in [1.807, 2.05) is 7.05 Å². The molecule has 1 N–H and O–H groups in total. The van der Waals surface area contributed by atoms with Gasteiger partial charge in [-0.3, -0.25) is 0 Å². The Bertz CT molecular complexity index is 349. The minimum Gasteiger partial charge on any atom is -0.377 e. The van der Waals surface area contributed by atoms with Gasteiger partial charge in [-0.1, -0.05) is 31.5 Å². The summed E-state index contributed by atoms with van der Waals surface area (Å²) in [7, 11) is 2.04. The molecule has 0 saturated heterocycles. The normalized spacial score (nSPS) is 14.4. The molecule has 0 bridgehead atoms. The highest BCUT2D eigenvalue weighted by Gasteiger charge is 2.21. The summed E-state index contributed by atoms with van der Waals surface area (Å²) < 4.78 is 5.92. The fourth-order valence-electron chi connectivity index (χ4n) is 2.71. The molecule has 0 fully saturated rings. The number of hydrogen-bond acceptors (Lipinski definition) is 2. The van der Waals surface area contributed by atoms with Crippen LogP contribution in [-0.2, 0) is 11.2 Å². The van der Waals surface area contributed by atoms with Crippen molar-refractivity contribution < 1.29 is 4.74 Å². The molecule has 2 unspecified atom stereocenters. The first kappa shape index (κ1) is 16.2. The number of ether oxygens (including phenoxy) is 1. The molecule has 1 rings (SSSR count). The quantitative estimate of drug-likeness (QED) is 0.773. The predicted octanol–water partition coefficient (Wildman–Crippen LogP) is 3.64. The van der Waals surface area contributed by atoms with E-state index in [4.69, 9.17) is 4.74 Å². The van der Waals surface area contributed by atoms with Crippen LogP contribution in [0.1, 0.15) is 43.4 Å². The van der Waals surface area contributed by atoms with E-state index in [-0.39, 0.29) is 0 Å². The van der Waals surface area contributed by atoms with E-state index in [0.29, 0.717) is 12.1 Å². The van der Waals surface area contributed by atoms with Crippen molar-refractivity contribution in [2.24, 2.45) is 0 Å². The topological polar surface area (TPSA) is 21.3 Å². The van der Waals surface area contributed by atoms with E-state index in [0.717, 1.165) is 25.9 Å². The Morgan fingerprint density at radius 3 is 2.26 bits per heavy atom. The molecule has 0 amide bonds. The third kappa shape index (κ3) is 4.63. The molecule has 0 heterocycles. The molecular weight excluding hydrogens is 234 g/mol. The molecule has 0 aromatic heterocycles. The number of rotatable bonds is 8. The van der Waals surface area contributed by atoms with Crippen molar-refractivity contribution in [3.05, 3.63) is 34.9 Å². The van der Waals surface area contributed by atoms with Gasteiger partial charge in [-0.15, -0.1) is 0 Å². The summed E-state index contributed by atoms with van der Waals surface area (Å²) >= 11 is 0. The molecule has 1 aromatic carbocycles. The van der Waals surface area contributed by atoms with Gasteiger partial charge in [0, 0.05) is 12.6 Å². The van der Waals surface area contributed by atoms with Crippen molar-refractivity contribution in [2.75, 3.05) is 13.7 Å². The molecule has 0 saturated carbocycles. The van der Waals surface area contributed by atoms with Gasteiger partial charge in [-0.25, -0.2) is 0 Å². The van der Waals surface area contributed by atoms with E-state index < -0.39 is 0 Å². The molecule has 1 aromatic rings. The molecule has 0 spiro atoms. The predicted molar refractivity (Wildman–Crippen MR) is 82.8 cm³/mol. The molecule has 2 heteroatoms. The zero-order valence-electron chi connectivity index (χ0n) is 13.1. The first-order chi connectivity index (χ1) is 9.13. The van der Waals surface area contributed by atoms with Gasteiger partial charge in [-0.2, -0.15) is 0 Å². The van der Waals surface area contributed by atoms with Crippen LogP contribution >= 0.6 is 0 Å². The third-order valence-corrected chi connectivity index (χ3v) is 3.84. The molecule has 2 nitrogen and oxygen atoms in total. The van der Waals surface area contributed by atoms with Crippen LogP contribution < -0.4 is 5.32 Å². The summed E-state index contributed by atoms with van der Waals surface area (Å²) in [5.41, 5.74) is 4.22. The highest BCUT2D eigenvalue weighted by atomic mass is 16.5. The maximum atomic E-state index is 5.92. The van der Waals surface area contributed by atoms with Gasteiger partial charge in [0.2, 0.25) is 0 Å². The van der Waals surface area contributed by atoms with Gasteiger partial charge in [-0.05, 0) is 57.4 Å². The lowest BCUT2D eigenvalue weighted by molar-refractivity contribution is 0.0300. The Kier molecular flexibility index (Phi) is 7.11. The van der Waals surface area contributed by atoms with Crippen molar-refractivity contribution in [1.29, 1.82) is 0 Å². The maximum Gasteiger partial charge on any atom is 0.0730 e. The second kappa shape index (κ2) is 8.34. The van der Waals surface area contributed by atoms with Crippen LogP contribution in [0, 0.1) is 13.8 Å². The summed E-state index contributed by atoms with van der Waals surface area (Å²) in [6, 6.07) is 6.92. The number of likely N-dealkylation sites (N-methyl/N-ethyl adjacent to an activating group) is 1. The monoisotopic (exact) mass is 263 g/mol. The standard InChI is InChI=1S/C17H29NO/c1-6-9-17(19-7-2)16(18-5)12-15-13(3)10-8-11-14(15)4/h8,10-11,16-18H,6-7,9,12H2,1-5H3. The second-order valence-corrected chi connectivity index (χ2v) is 5.25. The Morgan fingerprint density at radius 2 is 1.79 bits per heavy atom. The van der Waals surface area contributed by atoms with Crippen LogP contribution in [0.3, 0.4) is 0 Å². The lowest BCUT2D eigenvalue weighted by atomic mass is 9.92. The maximum absolute atomic E-state index is 5.92. The van der Waals surface area contributed by atoms with Crippen LogP contribution in [0.4, 0.5) is 0 Å². The van der Waals surface area contributed by atoms with Gasteiger partial charge in [0.15, 0.2) is 0 Å². The van der Waals surface area contributed by atoms with Crippen LogP contribution in [0.25, 0.3) is 0 Å². The van der Waals surface area contributed by atoms with Crippen LogP contribution in [0.5, 0.6) is 0 Å². The molecule has 0 aliphatic rings. The average molecular weight is 263 g/mol. The number of benzene rings is 1. The molecule has 0 aliphatic carbocycles. The number of nitrogens with one attached hydrogen (secondary N) is 1. The smallest absolute Gasteiger partial charge is 0.0730 e. The SMILES string of the molecule is CCCC(OCC)C(Cc1c(C)cccc1C)NC. The highest BCUT2D eigenvalue weighted by molar-refractivity contribution is 5.34. The van der Waals surface area contributed by atoms with Gasteiger partial charge in [0.05, 0.1) is 6.10 Å². The first-order valence-electron chi connectivity index (χ1n) is 7.47. The Balaban J connectivity index is 2.85. The molecular formula is C17H29NO. The molecule has 0 radical (unpaired) electrons. The summed E-state index contributed by atoms with van der Waals surface area (Å²) in [5, 5.41) is 3.45. The van der Waals surface area contributed by atoms with Crippen LogP contribution in [-0.4, -0.2) is 25.8 Å². The van der Waals surface area contributed by atoms with E-state index in [1.165, 1.54) is 16.7 Å². The molecule has 2 atom stereocenters.